The van der Waals surface area contributed by atoms with Crippen LogP contribution < -0.4 is 4.74 Å². The van der Waals surface area contributed by atoms with Crippen molar-refractivity contribution in [1.82, 2.24) is 19.3 Å². The summed E-state index contributed by atoms with van der Waals surface area (Å²) in [5.74, 6) is 0.462. The maximum Gasteiger partial charge on any atom is 0.410 e. The molecule has 2 aromatic heterocycles. The number of aromatic nitrogens is 3. The van der Waals surface area contributed by atoms with E-state index in [9.17, 15) is 4.79 Å². The van der Waals surface area contributed by atoms with Crippen molar-refractivity contribution in [2.75, 3.05) is 6.54 Å². The molecule has 0 saturated carbocycles. The van der Waals surface area contributed by atoms with Gasteiger partial charge in [-0.25, -0.2) is 14.8 Å². The molecule has 7 nitrogen and oxygen atoms in total. The van der Waals surface area contributed by atoms with Crippen LogP contribution in [0, 0.1) is 0 Å². The van der Waals surface area contributed by atoms with E-state index in [1.165, 1.54) is 0 Å². The number of ether oxygens (including phenoxy) is 2. The molecular formula is C19H26N4O3. The Morgan fingerprint density at radius 2 is 2.12 bits per heavy atom. The molecule has 3 rings (SSSR count). The molecule has 7 heteroatoms. The van der Waals surface area contributed by atoms with Crippen molar-refractivity contribution in [3.8, 4) is 5.88 Å². The highest BCUT2D eigenvalue weighted by molar-refractivity contribution is 5.68. The highest BCUT2D eigenvalue weighted by Gasteiger charge is 2.33. The Labute approximate surface area is 153 Å². The molecule has 1 amide bonds. The van der Waals surface area contributed by atoms with E-state index in [0.29, 0.717) is 18.1 Å². The number of likely N-dealkylation sites (tertiary alicyclic amines) is 1. The maximum atomic E-state index is 12.5. The van der Waals surface area contributed by atoms with Gasteiger partial charge in [0.15, 0.2) is 0 Å². The fraction of sp³-hybridized carbons (Fsp3) is 0.526. The number of fused-ring (bicyclic) bond motifs is 1. The fourth-order valence-electron chi connectivity index (χ4n) is 3.05. The predicted octanol–water partition coefficient (Wildman–Crippen LogP) is 3.54. The van der Waals surface area contributed by atoms with Crippen LogP contribution in [0.25, 0.3) is 11.7 Å². The molecule has 1 aliphatic rings. The van der Waals surface area contributed by atoms with Gasteiger partial charge in [-0.05, 0) is 46.6 Å². The minimum Gasteiger partial charge on any atom is -0.470 e. The van der Waals surface area contributed by atoms with Crippen LogP contribution in [0.15, 0.2) is 25.2 Å². The molecule has 140 valence electrons. The SMILES string of the molecule is C=Cc1cnc2c(OC3CCC(C)N(C(=O)OC(C)(C)C)C3)nccn12. The molecule has 1 saturated heterocycles. The fourth-order valence-corrected chi connectivity index (χ4v) is 3.05. The lowest BCUT2D eigenvalue weighted by Gasteiger charge is -2.38. The average Bonchev–Trinajstić information content (AvgIpc) is 2.99. The predicted molar refractivity (Wildman–Crippen MR) is 99.1 cm³/mol. The first-order chi connectivity index (χ1) is 12.3. The Hall–Kier alpha value is -2.57. The van der Waals surface area contributed by atoms with Gasteiger partial charge >= 0.3 is 6.09 Å². The van der Waals surface area contributed by atoms with Crippen LogP contribution >= 0.6 is 0 Å². The minimum absolute atomic E-state index is 0.118. The summed E-state index contributed by atoms with van der Waals surface area (Å²) in [6.45, 7) is 11.9. The largest absolute Gasteiger partial charge is 0.470 e. The molecule has 26 heavy (non-hydrogen) atoms. The number of amides is 1. The minimum atomic E-state index is -0.519. The monoisotopic (exact) mass is 358 g/mol. The summed E-state index contributed by atoms with van der Waals surface area (Å²) in [5, 5.41) is 0. The summed E-state index contributed by atoms with van der Waals surface area (Å²) in [7, 11) is 0. The molecule has 2 aromatic rings. The number of rotatable bonds is 3. The smallest absolute Gasteiger partial charge is 0.410 e. The van der Waals surface area contributed by atoms with Crippen LogP contribution in [-0.4, -0.2) is 49.7 Å². The average molecular weight is 358 g/mol. The van der Waals surface area contributed by atoms with Crippen molar-refractivity contribution < 1.29 is 14.3 Å². The second-order valence-corrected chi connectivity index (χ2v) is 7.61. The van der Waals surface area contributed by atoms with E-state index in [0.717, 1.165) is 18.5 Å². The Morgan fingerprint density at radius 1 is 1.35 bits per heavy atom. The highest BCUT2D eigenvalue weighted by Crippen LogP contribution is 2.25. The van der Waals surface area contributed by atoms with Crippen LogP contribution in [0.4, 0.5) is 4.79 Å². The van der Waals surface area contributed by atoms with Gasteiger partial charge < -0.3 is 14.4 Å². The Kier molecular flexibility index (Phi) is 4.89. The van der Waals surface area contributed by atoms with E-state index in [-0.39, 0.29) is 18.2 Å². The molecule has 0 aliphatic carbocycles. The topological polar surface area (TPSA) is 69.0 Å². The third-order valence-corrected chi connectivity index (χ3v) is 4.38. The first kappa shape index (κ1) is 18.2. The second kappa shape index (κ2) is 6.97. The number of carbonyl (C=O) groups is 1. The first-order valence-electron chi connectivity index (χ1n) is 8.89. The summed E-state index contributed by atoms with van der Waals surface area (Å²) in [6, 6.07) is 0.118. The number of hydrogen-bond acceptors (Lipinski definition) is 5. The van der Waals surface area contributed by atoms with E-state index in [4.69, 9.17) is 9.47 Å². The Bertz CT molecular complexity index is 809. The zero-order valence-corrected chi connectivity index (χ0v) is 15.8. The number of hydrogen-bond donors (Lipinski definition) is 0. The molecule has 1 fully saturated rings. The highest BCUT2D eigenvalue weighted by atomic mass is 16.6. The third kappa shape index (κ3) is 3.81. The van der Waals surface area contributed by atoms with Crippen LogP contribution in [0.2, 0.25) is 0 Å². The van der Waals surface area contributed by atoms with Crippen molar-refractivity contribution in [3.63, 3.8) is 0 Å². The van der Waals surface area contributed by atoms with E-state index >= 15 is 0 Å². The van der Waals surface area contributed by atoms with Gasteiger partial charge in [0, 0.05) is 18.4 Å². The third-order valence-electron chi connectivity index (χ3n) is 4.38. The van der Waals surface area contributed by atoms with Crippen molar-refractivity contribution in [1.29, 1.82) is 0 Å². The van der Waals surface area contributed by atoms with Gasteiger partial charge in [-0.3, -0.25) is 4.40 Å². The molecule has 1 aliphatic heterocycles. The molecule has 2 atom stereocenters. The van der Waals surface area contributed by atoms with Crippen LogP contribution in [0.5, 0.6) is 5.88 Å². The van der Waals surface area contributed by atoms with Gasteiger partial charge in [0.1, 0.15) is 11.7 Å². The maximum absolute atomic E-state index is 12.5. The van der Waals surface area contributed by atoms with Gasteiger partial charge in [-0.15, -0.1) is 0 Å². The molecular weight excluding hydrogens is 332 g/mol. The van der Waals surface area contributed by atoms with Gasteiger partial charge in [0.25, 0.3) is 5.88 Å². The van der Waals surface area contributed by atoms with Gasteiger partial charge in [-0.2, -0.15) is 0 Å². The first-order valence-corrected chi connectivity index (χ1v) is 8.89. The second-order valence-electron chi connectivity index (χ2n) is 7.61. The molecule has 3 heterocycles. The quantitative estimate of drug-likeness (QED) is 0.839. The number of imidazole rings is 1. The van der Waals surface area contributed by atoms with Crippen LogP contribution in [0.3, 0.4) is 0 Å². The van der Waals surface area contributed by atoms with Crippen LogP contribution in [0.1, 0.15) is 46.2 Å². The summed E-state index contributed by atoms with van der Waals surface area (Å²) in [4.78, 5) is 22.9. The van der Waals surface area contributed by atoms with E-state index < -0.39 is 5.60 Å². The normalized spacial score (nSPS) is 20.8. The number of piperidine rings is 1. The summed E-state index contributed by atoms with van der Waals surface area (Å²) >= 11 is 0. The summed E-state index contributed by atoms with van der Waals surface area (Å²) < 4.78 is 13.5. The Balaban J connectivity index is 1.75. The Morgan fingerprint density at radius 3 is 2.81 bits per heavy atom. The van der Waals surface area contributed by atoms with Gasteiger partial charge in [0.05, 0.1) is 18.4 Å². The van der Waals surface area contributed by atoms with Gasteiger partial charge in [0.2, 0.25) is 5.65 Å². The molecule has 2 unspecified atom stereocenters. The van der Waals surface area contributed by atoms with Crippen LogP contribution in [-0.2, 0) is 4.74 Å². The van der Waals surface area contributed by atoms with E-state index in [2.05, 4.69) is 16.5 Å². The molecule has 0 aromatic carbocycles. The van der Waals surface area contributed by atoms with Crippen molar-refractivity contribution in [2.45, 2.75) is 58.3 Å². The number of nitrogens with zero attached hydrogens (tertiary/aromatic N) is 4. The van der Waals surface area contributed by atoms with Gasteiger partial charge in [-0.1, -0.05) is 6.58 Å². The summed E-state index contributed by atoms with van der Waals surface area (Å²) in [5.41, 5.74) is 0.999. The van der Waals surface area contributed by atoms with Crippen molar-refractivity contribution in [3.05, 3.63) is 30.9 Å². The van der Waals surface area contributed by atoms with Crippen molar-refractivity contribution >= 4 is 17.8 Å². The molecule has 0 N–H and O–H groups in total. The zero-order chi connectivity index (χ0) is 18.9. The van der Waals surface area contributed by atoms with E-state index in [1.54, 1.807) is 23.4 Å². The lowest BCUT2D eigenvalue weighted by molar-refractivity contribution is -0.00581. The van der Waals surface area contributed by atoms with Crippen molar-refractivity contribution in [2.24, 2.45) is 0 Å². The number of carbonyl (C=O) groups excluding carboxylic acids is 1. The molecule has 0 spiro atoms. The lowest BCUT2D eigenvalue weighted by atomic mass is 10.0. The molecule has 0 bridgehead atoms. The lowest BCUT2D eigenvalue weighted by Crippen LogP contribution is -2.50. The molecule has 0 radical (unpaired) electrons. The zero-order valence-electron chi connectivity index (χ0n) is 15.8. The standard InChI is InChI=1S/C19H26N4O3/c1-6-14-11-21-16-17(20-9-10-22(14)16)25-15-8-7-13(2)23(12-15)18(24)26-19(3,4)5/h6,9-11,13,15H,1,7-8,12H2,2-5H3. The summed E-state index contributed by atoms with van der Waals surface area (Å²) in [6.07, 6.45) is 8.19. The van der Waals surface area contributed by atoms with E-state index in [1.807, 2.05) is 38.3 Å².